The summed E-state index contributed by atoms with van der Waals surface area (Å²) in [4.78, 5) is 8.48. The van der Waals surface area contributed by atoms with E-state index in [4.69, 9.17) is 4.74 Å². The van der Waals surface area contributed by atoms with Gasteiger partial charge in [-0.05, 0) is 23.8 Å². The van der Waals surface area contributed by atoms with Gasteiger partial charge in [-0.1, -0.05) is 18.2 Å². The summed E-state index contributed by atoms with van der Waals surface area (Å²) >= 11 is 0. The van der Waals surface area contributed by atoms with Crippen LogP contribution in [0.25, 0.3) is 0 Å². The average molecular weight is 270 g/mol. The molecule has 0 atom stereocenters. The minimum atomic E-state index is 0.588. The van der Waals surface area contributed by atoms with Gasteiger partial charge in [-0.25, -0.2) is 4.98 Å². The van der Waals surface area contributed by atoms with Gasteiger partial charge in [0.25, 0.3) is 0 Å². The van der Waals surface area contributed by atoms with Crippen LogP contribution in [0.5, 0.6) is 5.75 Å². The van der Waals surface area contributed by atoms with Crippen molar-refractivity contribution in [1.82, 2.24) is 9.97 Å². The van der Waals surface area contributed by atoms with E-state index in [0.717, 1.165) is 17.1 Å². The molecular weight excluding hydrogens is 252 g/mol. The predicted molar refractivity (Wildman–Crippen MR) is 81.0 cm³/mol. The number of hydrogen-bond donors (Lipinski definition) is 2. The van der Waals surface area contributed by atoms with Crippen molar-refractivity contribution in [2.45, 2.75) is 6.54 Å². The molecule has 0 spiro atoms. The van der Waals surface area contributed by atoms with Gasteiger partial charge in [-0.2, -0.15) is 4.98 Å². The highest BCUT2D eigenvalue weighted by molar-refractivity contribution is 5.40. The minimum Gasteiger partial charge on any atom is -0.497 e. The van der Waals surface area contributed by atoms with Gasteiger partial charge >= 0.3 is 0 Å². The van der Waals surface area contributed by atoms with Gasteiger partial charge in [0.2, 0.25) is 5.95 Å². The number of benzene rings is 1. The molecule has 0 saturated heterocycles. The molecule has 2 rings (SSSR count). The first-order valence-electron chi connectivity index (χ1n) is 6.36. The first kappa shape index (κ1) is 13.9. The normalized spacial score (nSPS) is 9.85. The van der Waals surface area contributed by atoms with E-state index in [2.05, 4.69) is 27.2 Å². The van der Waals surface area contributed by atoms with Crippen LogP contribution in [0.3, 0.4) is 0 Å². The van der Waals surface area contributed by atoms with Crippen molar-refractivity contribution in [1.29, 1.82) is 0 Å². The smallest absolute Gasteiger partial charge is 0.224 e. The minimum absolute atomic E-state index is 0.588. The molecule has 0 saturated carbocycles. The van der Waals surface area contributed by atoms with E-state index >= 15 is 0 Å². The Labute approximate surface area is 118 Å². The number of anilines is 2. The molecule has 1 aromatic carbocycles. The highest BCUT2D eigenvalue weighted by atomic mass is 16.5. The molecule has 5 nitrogen and oxygen atoms in total. The van der Waals surface area contributed by atoms with Gasteiger partial charge in [0.15, 0.2) is 0 Å². The molecule has 20 heavy (non-hydrogen) atoms. The third kappa shape index (κ3) is 3.98. The van der Waals surface area contributed by atoms with E-state index in [-0.39, 0.29) is 0 Å². The fraction of sp³-hybridized carbons (Fsp3) is 0.200. The molecule has 0 unspecified atom stereocenters. The fourth-order valence-electron chi connectivity index (χ4n) is 1.64. The fourth-order valence-corrected chi connectivity index (χ4v) is 1.64. The topological polar surface area (TPSA) is 59.1 Å². The summed E-state index contributed by atoms with van der Waals surface area (Å²) in [5.41, 5.74) is 1.16. The van der Waals surface area contributed by atoms with E-state index in [1.165, 1.54) is 0 Å². The molecule has 2 N–H and O–H groups in total. The Morgan fingerprint density at radius 3 is 2.70 bits per heavy atom. The highest BCUT2D eigenvalue weighted by Crippen LogP contribution is 2.13. The van der Waals surface area contributed by atoms with Crippen LogP contribution in [0.1, 0.15) is 5.56 Å². The van der Waals surface area contributed by atoms with Crippen LogP contribution in [0.4, 0.5) is 11.8 Å². The standard InChI is InChI=1S/C15H18N4O/c1-3-9-16-15-17-10-8-14(19-15)18-11-12-4-6-13(20-2)7-5-12/h3-8,10H,1,9,11H2,2H3,(H2,16,17,18,19). The maximum absolute atomic E-state index is 5.13. The first-order chi connectivity index (χ1) is 9.81. The molecular formula is C15H18N4O. The second-order valence-electron chi connectivity index (χ2n) is 4.14. The summed E-state index contributed by atoms with van der Waals surface area (Å²) in [6.45, 7) is 4.98. The zero-order valence-electron chi connectivity index (χ0n) is 11.5. The van der Waals surface area contributed by atoms with Crippen LogP contribution in [-0.2, 0) is 6.54 Å². The number of aromatic nitrogens is 2. The quantitative estimate of drug-likeness (QED) is 0.758. The van der Waals surface area contributed by atoms with E-state index in [0.29, 0.717) is 19.0 Å². The maximum Gasteiger partial charge on any atom is 0.224 e. The average Bonchev–Trinajstić information content (AvgIpc) is 2.52. The number of hydrogen-bond acceptors (Lipinski definition) is 5. The number of rotatable bonds is 7. The second kappa shape index (κ2) is 7.13. The molecule has 5 heteroatoms. The van der Waals surface area contributed by atoms with Crippen LogP contribution < -0.4 is 15.4 Å². The summed E-state index contributed by atoms with van der Waals surface area (Å²) in [5.74, 6) is 2.22. The van der Waals surface area contributed by atoms with Crippen molar-refractivity contribution in [3.63, 3.8) is 0 Å². The van der Waals surface area contributed by atoms with Crippen LogP contribution in [0, 0.1) is 0 Å². The zero-order valence-corrected chi connectivity index (χ0v) is 11.5. The Hall–Kier alpha value is -2.56. The van der Waals surface area contributed by atoms with Gasteiger partial charge in [-0.15, -0.1) is 6.58 Å². The number of nitrogens with zero attached hydrogens (tertiary/aromatic N) is 2. The van der Waals surface area contributed by atoms with Gasteiger partial charge in [0, 0.05) is 19.3 Å². The SMILES string of the molecule is C=CCNc1nccc(NCc2ccc(OC)cc2)n1. The Morgan fingerprint density at radius 2 is 2.00 bits per heavy atom. The van der Waals surface area contributed by atoms with Gasteiger partial charge in [0.05, 0.1) is 7.11 Å². The molecule has 0 aliphatic carbocycles. The third-order valence-electron chi connectivity index (χ3n) is 2.69. The Balaban J connectivity index is 1.93. The summed E-state index contributed by atoms with van der Waals surface area (Å²) in [6, 6.07) is 9.75. The molecule has 1 heterocycles. The Kier molecular flexibility index (Phi) is 4.94. The predicted octanol–water partition coefficient (Wildman–Crippen LogP) is 2.70. The van der Waals surface area contributed by atoms with Crippen LogP contribution in [-0.4, -0.2) is 23.6 Å². The van der Waals surface area contributed by atoms with Crippen LogP contribution in [0.15, 0.2) is 49.2 Å². The monoisotopic (exact) mass is 270 g/mol. The summed E-state index contributed by atoms with van der Waals surface area (Å²) in [7, 11) is 1.66. The van der Waals surface area contributed by atoms with E-state index in [9.17, 15) is 0 Å². The van der Waals surface area contributed by atoms with Gasteiger partial charge < -0.3 is 15.4 Å². The molecule has 0 aliphatic rings. The molecule has 0 bridgehead atoms. The lowest BCUT2D eigenvalue weighted by molar-refractivity contribution is 0.414. The first-order valence-corrected chi connectivity index (χ1v) is 6.36. The third-order valence-corrected chi connectivity index (χ3v) is 2.69. The molecule has 1 aromatic heterocycles. The van der Waals surface area contributed by atoms with Gasteiger partial charge in [-0.3, -0.25) is 0 Å². The lowest BCUT2D eigenvalue weighted by Gasteiger charge is -2.08. The highest BCUT2D eigenvalue weighted by Gasteiger charge is 1.99. The molecule has 0 aliphatic heterocycles. The van der Waals surface area contributed by atoms with Crippen LogP contribution >= 0.6 is 0 Å². The Morgan fingerprint density at radius 1 is 1.20 bits per heavy atom. The van der Waals surface area contributed by atoms with Gasteiger partial charge in [0.1, 0.15) is 11.6 Å². The number of nitrogens with one attached hydrogen (secondary N) is 2. The van der Waals surface area contributed by atoms with E-state index in [1.54, 1.807) is 19.4 Å². The molecule has 104 valence electrons. The summed E-state index contributed by atoms with van der Waals surface area (Å²) < 4.78 is 5.13. The van der Waals surface area contributed by atoms with Crippen molar-refractivity contribution >= 4 is 11.8 Å². The van der Waals surface area contributed by atoms with Crippen molar-refractivity contribution in [3.8, 4) is 5.75 Å². The molecule has 0 radical (unpaired) electrons. The van der Waals surface area contributed by atoms with Crippen molar-refractivity contribution in [3.05, 3.63) is 54.7 Å². The number of ether oxygens (including phenoxy) is 1. The second-order valence-corrected chi connectivity index (χ2v) is 4.14. The van der Waals surface area contributed by atoms with E-state index in [1.807, 2.05) is 30.3 Å². The van der Waals surface area contributed by atoms with Crippen molar-refractivity contribution in [2.75, 3.05) is 24.3 Å². The zero-order chi connectivity index (χ0) is 14.2. The Bertz CT molecular complexity index is 554. The van der Waals surface area contributed by atoms with E-state index < -0.39 is 0 Å². The summed E-state index contributed by atoms with van der Waals surface area (Å²) in [5, 5.41) is 6.31. The van der Waals surface area contributed by atoms with Crippen LogP contribution in [0.2, 0.25) is 0 Å². The largest absolute Gasteiger partial charge is 0.497 e. The molecule has 0 amide bonds. The lowest BCUT2D eigenvalue weighted by Crippen LogP contribution is -2.06. The number of methoxy groups -OCH3 is 1. The molecule has 0 fully saturated rings. The van der Waals surface area contributed by atoms with Crippen molar-refractivity contribution < 1.29 is 4.74 Å². The molecule has 2 aromatic rings. The summed E-state index contributed by atoms with van der Waals surface area (Å²) in [6.07, 6.45) is 3.48. The maximum atomic E-state index is 5.13. The lowest BCUT2D eigenvalue weighted by atomic mass is 10.2. The van der Waals surface area contributed by atoms with Crippen molar-refractivity contribution in [2.24, 2.45) is 0 Å².